The van der Waals surface area contributed by atoms with Crippen LogP contribution in [0.2, 0.25) is 0 Å². The van der Waals surface area contributed by atoms with Gasteiger partial charge in [-0.25, -0.2) is 4.79 Å². The lowest BCUT2D eigenvalue weighted by Gasteiger charge is -2.20. The molecule has 0 aliphatic heterocycles. The Balaban J connectivity index is 1.39. The third kappa shape index (κ3) is 5.42. The molecule has 3 aromatic carbocycles. The van der Waals surface area contributed by atoms with E-state index in [0.29, 0.717) is 17.2 Å². The summed E-state index contributed by atoms with van der Waals surface area (Å²) in [6, 6.07) is 21.9. The molecule has 0 saturated heterocycles. The molecule has 0 spiro atoms. The highest BCUT2D eigenvalue weighted by Gasteiger charge is 2.24. The Hall–Kier alpha value is -4.06. The van der Waals surface area contributed by atoms with Gasteiger partial charge in [-0.1, -0.05) is 36.4 Å². The van der Waals surface area contributed by atoms with Gasteiger partial charge in [-0.3, -0.25) is 4.79 Å². The normalized spacial score (nSPS) is 15.5. The van der Waals surface area contributed by atoms with Gasteiger partial charge in [-0.15, -0.1) is 0 Å². The summed E-state index contributed by atoms with van der Waals surface area (Å²) in [6.07, 6.45) is 1.58. The number of carboxylic acids is 1. The summed E-state index contributed by atoms with van der Waals surface area (Å²) in [5.74, 6) is 0.112. The fourth-order valence-corrected chi connectivity index (χ4v) is 5.36. The van der Waals surface area contributed by atoms with Gasteiger partial charge in [0.05, 0.1) is 12.1 Å². The number of amides is 1. The standard InChI is InChI=1S/C33H36N2O4/c1-19-21(3)35(22(4)26-9-7-11-29(17-26)39-23(5)33(37)38)31-15-14-28(18-30(19)31)32(36)34-20(2)25-8-6-10-27(16-25)24-12-13-24/h6-11,14-18,20,22-24H,12-13H2,1-5H3,(H,34,36)(H,37,38)/t20-,22?,23-/m0/s1. The highest BCUT2D eigenvalue weighted by Crippen LogP contribution is 2.40. The number of ether oxygens (including phenoxy) is 1. The number of hydrogen-bond acceptors (Lipinski definition) is 3. The first-order chi connectivity index (χ1) is 18.6. The minimum absolute atomic E-state index is 0.0247. The molecular formula is C33H36N2O4. The second kappa shape index (κ2) is 10.6. The Morgan fingerprint density at radius 1 is 0.949 bits per heavy atom. The van der Waals surface area contributed by atoms with Crippen molar-refractivity contribution < 1.29 is 19.4 Å². The molecule has 0 radical (unpaired) electrons. The minimum Gasteiger partial charge on any atom is -0.479 e. The summed E-state index contributed by atoms with van der Waals surface area (Å²) >= 11 is 0. The molecule has 1 heterocycles. The first-order valence-electron chi connectivity index (χ1n) is 13.6. The summed E-state index contributed by atoms with van der Waals surface area (Å²) in [5.41, 5.74) is 7.43. The van der Waals surface area contributed by atoms with Crippen molar-refractivity contribution in [2.75, 3.05) is 0 Å². The molecule has 6 nitrogen and oxygen atoms in total. The van der Waals surface area contributed by atoms with Crippen molar-refractivity contribution in [2.45, 2.75) is 71.6 Å². The van der Waals surface area contributed by atoms with Crippen molar-refractivity contribution in [1.29, 1.82) is 0 Å². The van der Waals surface area contributed by atoms with Gasteiger partial charge in [0, 0.05) is 22.2 Å². The Labute approximate surface area is 229 Å². The van der Waals surface area contributed by atoms with Crippen LogP contribution in [0.1, 0.15) is 89.9 Å². The molecule has 202 valence electrons. The molecule has 1 aliphatic carbocycles. The third-order valence-corrected chi connectivity index (χ3v) is 8.02. The van der Waals surface area contributed by atoms with Gasteiger partial charge in [-0.2, -0.15) is 0 Å². The molecule has 5 rings (SSSR count). The molecule has 3 atom stereocenters. The van der Waals surface area contributed by atoms with Gasteiger partial charge < -0.3 is 19.7 Å². The maximum absolute atomic E-state index is 13.3. The zero-order chi connectivity index (χ0) is 27.8. The van der Waals surface area contributed by atoms with E-state index >= 15 is 0 Å². The lowest BCUT2D eigenvalue weighted by Crippen LogP contribution is -2.26. The van der Waals surface area contributed by atoms with Crippen LogP contribution in [-0.4, -0.2) is 27.7 Å². The van der Waals surface area contributed by atoms with Crippen LogP contribution in [0.3, 0.4) is 0 Å². The lowest BCUT2D eigenvalue weighted by atomic mass is 10.0. The molecule has 1 aromatic heterocycles. The number of rotatable bonds is 9. The maximum Gasteiger partial charge on any atom is 0.344 e. The fraction of sp³-hybridized carbons (Fsp3) is 0.333. The SMILES string of the molecule is Cc1c(C)n(C(C)c2cccc(O[C@@H](C)C(=O)O)c2)c2ccc(C(=O)N[C@@H](C)c3cccc(C4CC4)c3)cc12. The molecule has 1 fully saturated rings. The second-order valence-corrected chi connectivity index (χ2v) is 10.8. The fourth-order valence-electron chi connectivity index (χ4n) is 5.36. The average molecular weight is 525 g/mol. The zero-order valence-electron chi connectivity index (χ0n) is 23.2. The van der Waals surface area contributed by atoms with Crippen molar-refractivity contribution in [3.63, 3.8) is 0 Å². The van der Waals surface area contributed by atoms with Crippen LogP contribution in [0.25, 0.3) is 10.9 Å². The number of aromatic nitrogens is 1. The van der Waals surface area contributed by atoms with Gasteiger partial charge in [0.25, 0.3) is 5.91 Å². The highest BCUT2D eigenvalue weighted by molar-refractivity contribution is 5.99. The molecular weight excluding hydrogens is 488 g/mol. The Bertz CT molecular complexity index is 1550. The predicted octanol–water partition coefficient (Wildman–Crippen LogP) is 7.09. The van der Waals surface area contributed by atoms with Gasteiger partial charge in [-0.05, 0) is 106 Å². The molecule has 1 unspecified atom stereocenters. The summed E-state index contributed by atoms with van der Waals surface area (Å²) in [6.45, 7) is 9.84. The average Bonchev–Trinajstić information content (AvgIpc) is 3.75. The number of fused-ring (bicyclic) bond motifs is 1. The first-order valence-corrected chi connectivity index (χ1v) is 13.6. The summed E-state index contributed by atoms with van der Waals surface area (Å²) in [7, 11) is 0. The van der Waals surface area contributed by atoms with Crippen molar-refractivity contribution in [3.05, 3.63) is 100 Å². The van der Waals surface area contributed by atoms with Gasteiger partial charge >= 0.3 is 5.97 Å². The second-order valence-electron chi connectivity index (χ2n) is 10.8. The monoisotopic (exact) mass is 524 g/mol. The number of hydrogen-bond donors (Lipinski definition) is 2. The third-order valence-electron chi connectivity index (χ3n) is 8.02. The number of nitrogens with one attached hydrogen (secondary N) is 1. The van der Waals surface area contributed by atoms with E-state index in [1.807, 2.05) is 43.3 Å². The Kier molecular flexibility index (Phi) is 7.21. The van der Waals surface area contributed by atoms with Crippen LogP contribution in [0, 0.1) is 13.8 Å². The quantitative estimate of drug-likeness (QED) is 0.245. The van der Waals surface area contributed by atoms with Gasteiger partial charge in [0.15, 0.2) is 6.10 Å². The van der Waals surface area contributed by atoms with Crippen LogP contribution < -0.4 is 10.1 Å². The zero-order valence-corrected chi connectivity index (χ0v) is 23.2. The predicted molar refractivity (Wildman–Crippen MR) is 154 cm³/mol. The molecule has 6 heteroatoms. The van der Waals surface area contributed by atoms with Crippen LogP contribution in [0.4, 0.5) is 0 Å². The van der Waals surface area contributed by atoms with Crippen molar-refractivity contribution in [2.24, 2.45) is 0 Å². The molecule has 1 amide bonds. The summed E-state index contributed by atoms with van der Waals surface area (Å²) in [4.78, 5) is 24.5. The Morgan fingerprint density at radius 2 is 1.67 bits per heavy atom. The number of aryl methyl sites for hydroxylation is 1. The van der Waals surface area contributed by atoms with E-state index in [9.17, 15) is 14.7 Å². The number of carbonyl (C=O) groups excluding carboxylic acids is 1. The highest BCUT2D eigenvalue weighted by atomic mass is 16.5. The van der Waals surface area contributed by atoms with Crippen LogP contribution in [-0.2, 0) is 4.79 Å². The first kappa shape index (κ1) is 26.5. The number of nitrogens with zero attached hydrogens (tertiary/aromatic N) is 1. The molecule has 1 saturated carbocycles. The van der Waals surface area contributed by atoms with Gasteiger partial charge in [0.1, 0.15) is 5.75 Å². The van der Waals surface area contributed by atoms with Crippen molar-refractivity contribution in [1.82, 2.24) is 9.88 Å². The smallest absolute Gasteiger partial charge is 0.344 e. The van der Waals surface area contributed by atoms with E-state index in [1.165, 1.54) is 25.3 Å². The van der Waals surface area contributed by atoms with Crippen LogP contribution in [0.5, 0.6) is 5.75 Å². The van der Waals surface area contributed by atoms with E-state index < -0.39 is 12.1 Å². The van der Waals surface area contributed by atoms with Gasteiger partial charge in [0.2, 0.25) is 0 Å². The number of benzene rings is 3. The number of aliphatic carboxylic acids is 1. The summed E-state index contributed by atoms with van der Waals surface area (Å²) < 4.78 is 7.86. The van der Waals surface area contributed by atoms with Crippen molar-refractivity contribution >= 4 is 22.8 Å². The molecule has 4 aromatic rings. The van der Waals surface area contributed by atoms with Crippen LogP contribution in [0.15, 0.2) is 66.7 Å². The maximum atomic E-state index is 13.3. The molecule has 39 heavy (non-hydrogen) atoms. The number of carbonyl (C=O) groups is 2. The molecule has 2 N–H and O–H groups in total. The van der Waals surface area contributed by atoms with Crippen molar-refractivity contribution in [3.8, 4) is 5.75 Å². The van der Waals surface area contributed by atoms with E-state index in [0.717, 1.165) is 33.3 Å². The largest absolute Gasteiger partial charge is 0.479 e. The Morgan fingerprint density at radius 3 is 2.38 bits per heavy atom. The van der Waals surface area contributed by atoms with E-state index in [-0.39, 0.29) is 18.0 Å². The van der Waals surface area contributed by atoms with E-state index in [4.69, 9.17) is 4.74 Å². The topological polar surface area (TPSA) is 80.6 Å². The van der Waals surface area contributed by atoms with E-state index in [2.05, 4.69) is 54.9 Å². The summed E-state index contributed by atoms with van der Waals surface area (Å²) in [5, 5.41) is 13.4. The minimum atomic E-state index is -1.00. The van der Waals surface area contributed by atoms with Crippen LogP contribution >= 0.6 is 0 Å². The lowest BCUT2D eigenvalue weighted by molar-refractivity contribution is -0.144. The number of carboxylic acid groups (broad SMARTS) is 1. The molecule has 0 bridgehead atoms. The molecule has 1 aliphatic rings. The van der Waals surface area contributed by atoms with E-state index in [1.54, 1.807) is 6.07 Å².